The number of thiazole rings is 1. The fourth-order valence-corrected chi connectivity index (χ4v) is 4.93. The van der Waals surface area contributed by atoms with Crippen LogP contribution in [0.2, 0.25) is 5.02 Å². The fourth-order valence-electron chi connectivity index (χ4n) is 2.86. The summed E-state index contributed by atoms with van der Waals surface area (Å²) in [6.45, 7) is 0. The number of aromatic nitrogens is 4. The van der Waals surface area contributed by atoms with Gasteiger partial charge in [-0.3, -0.25) is 0 Å². The van der Waals surface area contributed by atoms with Gasteiger partial charge in [0, 0.05) is 30.2 Å². The number of nitrogens with zero attached hydrogens (tertiary/aromatic N) is 4. The molecule has 7 heteroatoms. The lowest BCUT2D eigenvalue weighted by atomic mass is 10.1. The van der Waals surface area contributed by atoms with Crippen LogP contribution in [-0.2, 0) is 25.6 Å². The maximum atomic E-state index is 6.28. The van der Waals surface area contributed by atoms with Crippen LogP contribution in [0.25, 0.3) is 10.6 Å². The Kier molecular flexibility index (Phi) is 6.10. The van der Waals surface area contributed by atoms with Gasteiger partial charge in [-0.2, -0.15) is 0 Å². The molecule has 0 unspecified atom stereocenters. The molecule has 0 bridgehead atoms. The van der Waals surface area contributed by atoms with E-state index in [0.717, 1.165) is 50.9 Å². The van der Waals surface area contributed by atoms with E-state index in [4.69, 9.17) is 16.6 Å². The SMILES string of the molecule is Cn1c(CCc2ccccc2)nnc1SCc1csc(-c2ccccc2Cl)n1. The molecule has 0 fully saturated rings. The maximum absolute atomic E-state index is 6.28. The van der Waals surface area contributed by atoms with Crippen molar-refractivity contribution in [3.63, 3.8) is 0 Å². The van der Waals surface area contributed by atoms with Crippen molar-refractivity contribution in [3.05, 3.63) is 82.1 Å². The molecule has 0 spiro atoms. The molecule has 2 heterocycles. The van der Waals surface area contributed by atoms with Crippen LogP contribution < -0.4 is 0 Å². The van der Waals surface area contributed by atoms with Gasteiger partial charge in [0.2, 0.25) is 0 Å². The van der Waals surface area contributed by atoms with Crippen molar-refractivity contribution in [3.8, 4) is 10.6 Å². The smallest absolute Gasteiger partial charge is 0.191 e. The van der Waals surface area contributed by atoms with E-state index in [0.29, 0.717) is 0 Å². The van der Waals surface area contributed by atoms with Crippen molar-refractivity contribution in [2.75, 3.05) is 0 Å². The summed E-state index contributed by atoms with van der Waals surface area (Å²) in [6, 6.07) is 18.3. The van der Waals surface area contributed by atoms with Crippen molar-refractivity contribution in [2.45, 2.75) is 23.8 Å². The van der Waals surface area contributed by atoms with Crippen LogP contribution in [0.1, 0.15) is 17.1 Å². The molecule has 0 atom stereocenters. The van der Waals surface area contributed by atoms with Gasteiger partial charge < -0.3 is 4.57 Å². The van der Waals surface area contributed by atoms with E-state index in [9.17, 15) is 0 Å². The molecule has 4 nitrogen and oxygen atoms in total. The minimum atomic E-state index is 0.729. The Morgan fingerprint density at radius 3 is 2.61 bits per heavy atom. The highest BCUT2D eigenvalue weighted by atomic mass is 35.5. The zero-order chi connectivity index (χ0) is 19.3. The third-order valence-corrected chi connectivity index (χ3v) is 6.72. The van der Waals surface area contributed by atoms with Gasteiger partial charge in [-0.25, -0.2) is 4.98 Å². The minimum absolute atomic E-state index is 0.729. The topological polar surface area (TPSA) is 43.6 Å². The van der Waals surface area contributed by atoms with Crippen LogP contribution >= 0.6 is 34.7 Å². The number of rotatable bonds is 7. The molecule has 2 aromatic heterocycles. The monoisotopic (exact) mass is 426 g/mol. The highest BCUT2D eigenvalue weighted by Gasteiger charge is 2.12. The summed E-state index contributed by atoms with van der Waals surface area (Å²) in [5, 5.41) is 13.4. The molecule has 0 amide bonds. The first-order valence-electron chi connectivity index (χ1n) is 8.95. The van der Waals surface area contributed by atoms with Crippen LogP contribution in [-0.4, -0.2) is 19.7 Å². The van der Waals surface area contributed by atoms with Crippen LogP contribution in [0, 0.1) is 0 Å². The van der Waals surface area contributed by atoms with Crippen molar-refractivity contribution >= 4 is 34.7 Å². The van der Waals surface area contributed by atoms with Crippen LogP contribution in [0.3, 0.4) is 0 Å². The molecule has 0 aliphatic rings. The van der Waals surface area contributed by atoms with E-state index in [1.54, 1.807) is 23.1 Å². The summed E-state index contributed by atoms with van der Waals surface area (Å²) in [5.41, 5.74) is 3.32. The zero-order valence-corrected chi connectivity index (χ0v) is 17.8. The van der Waals surface area contributed by atoms with Gasteiger partial charge in [-0.05, 0) is 18.1 Å². The molecule has 0 saturated carbocycles. The third kappa shape index (κ3) is 4.46. The minimum Gasteiger partial charge on any atom is -0.309 e. The van der Waals surface area contributed by atoms with E-state index >= 15 is 0 Å². The first kappa shape index (κ1) is 19.2. The molecule has 0 aliphatic heterocycles. The van der Waals surface area contributed by atoms with Gasteiger partial charge in [0.05, 0.1) is 10.7 Å². The van der Waals surface area contributed by atoms with Crippen LogP contribution in [0.4, 0.5) is 0 Å². The van der Waals surface area contributed by atoms with Crippen LogP contribution in [0.5, 0.6) is 0 Å². The lowest BCUT2D eigenvalue weighted by molar-refractivity contribution is 0.722. The van der Waals surface area contributed by atoms with Gasteiger partial charge in [0.15, 0.2) is 5.16 Å². The zero-order valence-electron chi connectivity index (χ0n) is 15.4. The predicted octanol–water partition coefficient (Wildman–Crippen LogP) is 5.67. The van der Waals surface area contributed by atoms with Crippen molar-refractivity contribution in [1.29, 1.82) is 0 Å². The average Bonchev–Trinajstić information content (AvgIpc) is 3.33. The molecular weight excluding hydrogens is 408 g/mol. The maximum Gasteiger partial charge on any atom is 0.191 e. The van der Waals surface area contributed by atoms with Crippen molar-refractivity contribution in [1.82, 2.24) is 19.7 Å². The molecule has 0 N–H and O–H groups in total. The Hall–Kier alpha value is -2.15. The van der Waals surface area contributed by atoms with Crippen LogP contribution in [0.15, 0.2) is 65.1 Å². The van der Waals surface area contributed by atoms with Gasteiger partial charge in [-0.15, -0.1) is 21.5 Å². The first-order chi connectivity index (χ1) is 13.7. The summed E-state index contributed by atoms with van der Waals surface area (Å²) < 4.78 is 2.08. The molecule has 28 heavy (non-hydrogen) atoms. The van der Waals surface area contributed by atoms with Gasteiger partial charge in [0.25, 0.3) is 0 Å². The first-order valence-corrected chi connectivity index (χ1v) is 11.2. The Morgan fingerprint density at radius 2 is 1.79 bits per heavy atom. The van der Waals surface area contributed by atoms with E-state index in [1.165, 1.54) is 5.56 Å². The molecule has 4 rings (SSSR count). The van der Waals surface area contributed by atoms with Crippen molar-refractivity contribution in [2.24, 2.45) is 7.05 Å². The number of thioether (sulfide) groups is 1. The van der Waals surface area contributed by atoms with E-state index in [1.807, 2.05) is 37.4 Å². The Labute approximate surface area is 177 Å². The second-order valence-electron chi connectivity index (χ2n) is 6.36. The summed E-state index contributed by atoms with van der Waals surface area (Å²) >= 11 is 9.55. The van der Waals surface area contributed by atoms with Crippen molar-refractivity contribution < 1.29 is 0 Å². The molecule has 142 valence electrons. The Morgan fingerprint density at radius 1 is 1.00 bits per heavy atom. The number of hydrogen-bond donors (Lipinski definition) is 0. The van der Waals surface area contributed by atoms with E-state index < -0.39 is 0 Å². The highest BCUT2D eigenvalue weighted by molar-refractivity contribution is 7.98. The molecule has 0 radical (unpaired) electrons. The van der Waals surface area contributed by atoms with E-state index in [2.05, 4.69) is 44.4 Å². The molecular formula is C21H19ClN4S2. The summed E-state index contributed by atoms with van der Waals surface area (Å²) in [5.74, 6) is 1.76. The number of aryl methyl sites for hydroxylation is 2. The molecule has 0 saturated heterocycles. The normalized spacial score (nSPS) is 11.1. The molecule has 2 aromatic carbocycles. The summed E-state index contributed by atoms with van der Waals surface area (Å²) in [6.07, 6.45) is 1.84. The standard InChI is InChI=1S/C21H19ClN4S2/c1-26-19(12-11-15-7-3-2-4-8-15)24-25-21(26)28-14-16-13-27-20(23-16)17-9-5-6-10-18(17)22/h2-10,13H,11-12,14H2,1H3. The molecule has 0 aliphatic carbocycles. The quantitative estimate of drug-likeness (QED) is 0.357. The number of benzene rings is 2. The Bertz CT molecular complexity index is 1060. The average molecular weight is 427 g/mol. The summed E-state index contributed by atoms with van der Waals surface area (Å²) in [7, 11) is 2.03. The summed E-state index contributed by atoms with van der Waals surface area (Å²) in [4.78, 5) is 4.72. The molecule has 4 aromatic rings. The Balaban J connectivity index is 1.38. The third-order valence-electron chi connectivity index (χ3n) is 4.41. The number of halogens is 1. The second kappa shape index (κ2) is 8.90. The van der Waals surface area contributed by atoms with Gasteiger partial charge >= 0.3 is 0 Å². The highest BCUT2D eigenvalue weighted by Crippen LogP contribution is 2.31. The predicted molar refractivity (Wildman–Crippen MR) is 117 cm³/mol. The number of hydrogen-bond acceptors (Lipinski definition) is 5. The fraction of sp³-hybridized carbons (Fsp3) is 0.190. The van der Waals surface area contributed by atoms with Gasteiger partial charge in [-0.1, -0.05) is 71.9 Å². The lowest BCUT2D eigenvalue weighted by Gasteiger charge is -2.03. The van der Waals surface area contributed by atoms with Gasteiger partial charge in [0.1, 0.15) is 10.8 Å². The van der Waals surface area contributed by atoms with E-state index in [-0.39, 0.29) is 0 Å². The second-order valence-corrected chi connectivity index (χ2v) is 8.56. The largest absolute Gasteiger partial charge is 0.309 e. The lowest BCUT2D eigenvalue weighted by Crippen LogP contribution is -2.01.